The molecule has 0 amide bonds. The molecule has 25 heavy (non-hydrogen) atoms. The molecule has 1 aromatic rings. The summed E-state index contributed by atoms with van der Waals surface area (Å²) in [5.74, 6) is 0.371. The Hall–Kier alpha value is -1.67. The Morgan fingerprint density at radius 1 is 1.36 bits per heavy atom. The summed E-state index contributed by atoms with van der Waals surface area (Å²) in [5.41, 5.74) is 2.09. The number of carbonyl (C=O) groups is 1. The Kier molecular flexibility index (Phi) is 8.31. The van der Waals surface area contributed by atoms with Crippen molar-refractivity contribution in [3.63, 3.8) is 0 Å². The summed E-state index contributed by atoms with van der Waals surface area (Å²) >= 11 is 0. The topological polar surface area (TPSA) is 95.8 Å². The monoisotopic (exact) mass is 355 g/mol. The van der Waals surface area contributed by atoms with Gasteiger partial charge in [-0.3, -0.25) is 4.79 Å². The number of hydrogen-bond acceptors (Lipinski definition) is 6. The maximum Gasteiger partial charge on any atom is 0.307 e. The van der Waals surface area contributed by atoms with Crippen LogP contribution in [0.5, 0.6) is 5.75 Å². The second kappa shape index (κ2) is 9.72. The molecule has 1 atom stereocenters. The third-order valence-electron chi connectivity index (χ3n) is 3.43. The number of aryl methyl sites for hydroxylation is 1. The van der Waals surface area contributed by atoms with E-state index in [4.69, 9.17) is 14.7 Å². The van der Waals surface area contributed by atoms with Crippen LogP contribution in [0.1, 0.15) is 32.8 Å². The van der Waals surface area contributed by atoms with Crippen LogP contribution in [0, 0.1) is 6.92 Å². The first-order valence-electron chi connectivity index (χ1n) is 8.40. The van der Waals surface area contributed by atoms with Crippen LogP contribution in [0.3, 0.4) is 0 Å². The minimum Gasteiger partial charge on any atom is -0.490 e. The predicted molar refractivity (Wildman–Crippen MR) is 94.0 cm³/mol. The number of carbonyl (C=O) groups excluding carboxylic acids is 1. The van der Waals surface area contributed by atoms with Gasteiger partial charge in [0.1, 0.15) is 24.1 Å². The van der Waals surface area contributed by atoms with Crippen molar-refractivity contribution in [2.75, 3.05) is 26.7 Å². The maximum atomic E-state index is 11.7. The summed E-state index contributed by atoms with van der Waals surface area (Å²) in [6, 6.07) is 5.34. The number of hydrogen-bond donors (Lipinski definition) is 3. The quantitative estimate of drug-likeness (QED) is 0.347. The number of nitrogens with zero attached hydrogens (tertiary/aromatic N) is 1. The first kappa shape index (κ1) is 21.4. The standard InChI is InChI=1S/C18H30N2O5/c1-13-6-7-14(19-23)10-16(13)24-12-15(21)11-20(5)9-8-17(22)25-18(2,3)4/h6-7,10,15,19,21,23H,8-9,11-12H2,1-5H3/p+1. The molecule has 0 aliphatic rings. The van der Waals surface area contributed by atoms with Gasteiger partial charge >= 0.3 is 5.97 Å². The second-order valence-electron chi connectivity index (χ2n) is 7.22. The molecule has 0 bridgehead atoms. The summed E-state index contributed by atoms with van der Waals surface area (Å²) in [7, 11) is 1.83. The van der Waals surface area contributed by atoms with E-state index in [2.05, 4.69) is 0 Å². The van der Waals surface area contributed by atoms with Gasteiger partial charge in [0.05, 0.1) is 6.42 Å². The first-order valence-corrected chi connectivity index (χ1v) is 8.40. The van der Waals surface area contributed by atoms with E-state index in [1.807, 2.05) is 45.7 Å². The van der Waals surface area contributed by atoms with E-state index in [9.17, 15) is 9.90 Å². The molecule has 4 N–H and O–H groups in total. The lowest BCUT2D eigenvalue weighted by molar-refractivity contribution is -0.825. The smallest absolute Gasteiger partial charge is 0.307 e. The normalized spacial score (nSPS) is 13.0. The maximum absolute atomic E-state index is 11.7. The average molecular weight is 355 g/mol. The van der Waals surface area contributed by atoms with Crippen molar-refractivity contribution in [3.8, 4) is 5.75 Å². The Bertz CT molecular complexity index is 557. The third-order valence-corrected chi connectivity index (χ3v) is 3.43. The highest BCUT2D eigenvalue weighted by molar-refractivity contribution is 5.70. The molecule has 1 unspecified atom stereocenters. The zero-order valence-corrected chi connectivity index (χ0v) is 15.8. The summed E-state index contributed by atoms with van der Waals surface area (Å²) in [6.07, 6.45) is -0.417. The van der Waals surface area contributed by atoms with Crippen LogP contribution >= 0.6 is 0 Å². The van der Waals surface area contributed by atoms with Gasteiger partial charge in [0.2, 0.25) is 0 Å². The molecular formula is C18H31N2O5+. The number of esters is 1. The molecule has 7 nitrogen and oxygen atoms in total. The summed E-state index contributed by atoms with van der Waals surface area (Å²) in [4.78, 5) is 13.6. The van der Waals surface area contributed by atoms with Gasteiger partial charge < -0.3 is 19.5 Å². The first-order chi connectivity index (χ1) is 11.6. The molecule has 1 aromatic carbocycles. The number of aliphatic hydroxyl groups excluding tert-OH is 1. The van der Waals surface area contributed by atoms with Crippen LogP contribution in [0.4, 0.5) is 5.69 Å². The SMILES string of the molecule is Cc1ccc([NH2+]O)cc1OCC(O)CN(C)CCC(=O)OC(C)(C)C. The lowest BCUT2D eigenvalue weighted by Crippen LogP contribution is -2.73. The molecule has 0 fully saturated rings. The van der Waals surface area contributed by atoms with Crippen molar-refractivity contribution in [2.24, 2.45) is 0 Å². The van der Waals surface area contributed by atoms with E-state index >= 15 is 0 Å². The fraction of sp³-hybridized carbons (Fsp3) is 0.611. The Balaban J connectivity index is 2.36. The van der Waals surface area contributed by atoms with Gasteiger partial charge in [-0.25, -0.2) is 5.21 Å². The fourth-order valence-corrected chi connectivity index (χ4v) is 2.22. The molecule has 0 saturated heterocycles. The molecule has 0 saturated carbocycles. The number of quaternary nitrogens is 1. The van der Waals surface area contributed by atoms with Gasteiger partial charge in [-0.1, -0.05) is 0 Å². The van der Waals surface area contributed by atoms with Crippen LogP contribution in [0.25, 0.3) is 0 Å². The highest BCUT2D eigenvalue weighted by atomic mass is 16.6. The van der Waals surface area contributed by atoms with Crippen LogP contribution in [-0.2, 0) is 9.53 Å². The molecule has 1 rings (SSSR count). The molecule has 142 valence electrons. The Morgan fingerprint density at radius 3 is 2.64 bits per heavy atom. The number of rotatable bonds is 9. The molecule has 0 spiro atoms. The summed E-state index contributed by atoms with van der Waals surface area (Å²) in [6.45, 7) is 8.42. The number of aliphatic hydroxyl groups is 1. The van der Waals surface area contributed by atoms with Gasteiger partial charge in [-0.05, 0) is 46.4 Å². The molecule has 0 radical (unpaired) electrons. The van der Waals surface area contributed by atoms with Crippen LogP contribution < -0.4 is 10.2 Å². The van der Waals surface area contributed by atoms with E-state index < -0.39 is 11.7 Å². The lowest BCUT2D eigenvalue weighted by atomic mass is 10.2. The average Bonchev–Trinajstić information content (AvgIpc) is 2.50. The molecule has 0 aliphatic heterocycles. The Labute approximate surface area is 149 Å². The molecule has 7 heteroatoms. The molecule has 0 aromatic heterocycles. The van der Waals surface area contributed by atoms with E-state index in [-0.39, 0.29) is 19.0 Å². The van der Waals surface area contributed by atoms with E-state index in [1.165, 1.54) is 0 Å². The largest absolute Gasteiger partial charge is 0.490 e. The highest BCUT2D eigenvalue weighted by Crippen LogP contribution is 2.20. The minimum atomic E-state index is -0.690. The van der Waals surface area contributed by atoms with Crippen LogP contribution in [0.2, 0.25) is 0 Å². The van der Waals surface area contributed by atoms with Gasteiger partial charge in [0.25, 0.3) is 0 Å². The second-order valence-corrected chi connectivity index (χ2v) is 7.22. The third kappa shape index (κ3) is 8.83. The minimum absolute atomic E-state index is 0.131. The fourth-order valence-electron chi connectivity index (χ4n) is 2.22. The number of benzene rings is 1. The van der Waals surface area contributed by atoms with Crippen LogP contribution in [-0.4, -0.2) is 59.6 Å². The van der Waals surface area contributed by atoms with Crippen molar-refractivity contribution in [1.29, 1.82) is 0 Å². The number of nitrogens with two attached hydrogens (primary N) is 1. The highest BCUT2D eigenvalue weighted by Gasteiger charge is 2.17. The van der Waals surface area contributed by atoms with Crippen molar-refractivity contribution in [1.82, 2.24) is 4.90 Å². The van der Waals surface area contributed by atoms with E-state index in [1.54, 1.807) is 12.1 Å². The molecule has 0 heterocycles. The van der Waals surface area contributed by atoms with Crippen molar-refractivity contribution in [3.05, 3.63) is 23.8 Å². The predicted octanol–water partition coefficient (Wildman–Crippen LogP) is 0.982. The van der Waals surface area contributed by atoms with Gasteiger partial charge in [-0.15, -0.1) is 0 Å². The zero-order chi connectivity index (χ0) is 19.0. The lowest BCUT2D eigenvalue weighted by Gasteiger charge is -2.23. The summed E-state index contributed by atoms with van der Waals surface area (Å²) in [5, 5.41) is 19.2. The van der Waals surface area contributed by atoms with E-state index in [0.717, 1.165) is 11.0 Å². The van der Waals surface area contributed by atoms with Crippen molar-refractivity contribution in [2.45, 2.75) is 45.8 Å². The van der Waals surface area contributed by atoms with Gasteiger partial charge in [-0.2, -0.15) is 5.48 Å². The van der Waals surface area contributed by atoms with Crippen LogP contribution in [0.15, 0.2) is 18.2 Å². The summed E-state index contributed by atoms with van der Waals surface area (Å²) < 4.78 is 10.9. The van der Waals surface area contributed by atoms with Crippen molar-refractivity contribution < 1.29 is 30.1 Å². The van der Waals surface area contributed by atoms with Crippen molar-refractivity contribution >= 4 is 11.7 Å². The molecule has 0 aliphatic carbocycles. The Morgan fingerprint density at radius 2 is 2.04 bits per heavy atom. The number of likely N-dealkylation sites (N-methyl/N-ethyl adjacent to an activating group) is 1. The van der Waals surface area contributed by atoms with Gasteiger partial charge in [0.15, 0.2) is 5.69 Å². The van der Waals surface area contributed by atoms with E-state index in [0.29, 0.717) is 24.5 Å². The molecular weight excluding hydrogens is 324 g/mol. The van der Waals surface area contributed by atoms with Gasteiger partial charge in [0, 0.05) is 25.2 Å². The zero-order valence-electron chi connectivity index (χ0n) is 15.8. The number of ether oxygens (including phenoxy) is 2.